The highest BCUT2D eigenvalue weighted by molar-refractivity contribution is 6.07. The molecule has 1 aliphatic carbocycles. The predicted molar refractivity (Wildman–Crippen MR) is 93.2 cm³/mol. The maximum Gasteiger partial charge on any atom is 0.185 e. The van der Waals surface area contributed by atoms with E-state index in [0.29, 0.717) is 0 Å². The second-order valence-corrected chi connectivity index (χ2v) is 5.97. The van der Waals surface area contributed by atoms with Crippen LogP contribution in [-0.4, -0.2) is 20.5 Å². The largest absolute Gasteiger partial charge is 0.289 e. The molecule has 118 valence electrons. The summed E-state index contributed by atoms with van der Waals surface area (Å²) < 4.78 is 1.70. The third-order valence-electron chi connectivity index (χ3n) is 4.39. The molecule has 24 heavy (non-hydrogen) atoms. The molecule has 1 aromatic heterocycles. The van der Waals surface area contributed by atoms with Crippen molar-refractivity contribution in [1.82, 2.24) is 14.8 Å². The van der Waals surface area contributed by atoms with Crippen molar-refractivity contribution in [2.75, 3.05) is 0 Å². The van der Waals surface area contributed by atoms with Crippen molar-refractivity contribution < 1.29 is 4.79 Å². The van der Waals surface area contributed by atoms with Crippen molar-refractivity contribution in [2.45, 2.75) is 19.3 Å². The van der Waals surface area contributed by atoms with Gasteiger partial charge in [-0.15, -0.1) is 0 Å². The van der Waals surface area contributed by atoms with E-state index in [4.69, 9.17) is 0 Å². The lowest BCUT2D eigenvalue weighted by molar-refractivity contribution is 0.104. The molecule has 0 unspecified atom stereocenters. The van der Waals surface area contributed by atoms with Gasteiger partial charge in [-0.05, 0) is 60.2 Å². The first-order valence-electron chi connectivity index (χ1n) is 8.09. The molecule has 0 N–H and O–H groups in total. The second kappa shape index (κ2) is 6.24. The van der Waals surface area contributed by atoms with Crippen LogP contribution in [0.3, 0.4) is 0 Å². The van der Waals surface area contributed by atoms with Gasteiger partial charge in [-0.2, -0.15) is 5.10 Å². The average molecular weight is 315 g/mol. The molecule has 4 nitrogen and oxygen atoms in total. The summed E-state index contributed by atoms with van der Waals surface area (Å²) in [6, 6.07) is 13.9. The molecular formula is C20H17N3O. The highest BCUT2D eigenvalue weighted by atomic mass is 16.1. The number of carbonyl (C=O) groups excluding carboxylic acids is 1. The van der Waals surface area contributed by atoms with E-state index in [-0.39, 0.29) is 5.78 Å². The lowest BCUT2D eigenvalue weighted by Gasteiger charge is -2.02. The van der Waals surface area contributed by atoms with Crippen molar-refractivity contribution >= 4 is 11.9 Å². The monoisotopic (exact) mass is 315 g/mol. The number of fused-ring (bicyclic) bond motifs is 1. The molecule has 1 aliphatic rings. The van der Waals surface area contributed by atoms with Crippen LogP contribution < -0.4 is 0 Å². The van der Waals surface area contributed by atoms with Crippen LogP contribution in [0.25, 0.3) is 11.8 Å². The van der Waals surface area contributed by atoms with Gasteiger partial charge < -0.3 is 0 Å². The fraction of sp³-hybridized carbons (Fsp3) is 0.150. The normalized spacial score (nSPS) is 13.3. The standard InChI is InChI=1S/C20H17N3O/c24-20(18-8-7-16-2-1-3-17(16)12-18)11-6-15-4-9-19(10-5-15)23-14-21-13-22-23/h4-14H,1-3H2. The summed E-state index contributed by atoms with van der Waals surface area (Å²) in [6.45, 7) is 0. The topological polar surface area (TPSA) is 47.8 Å². The molecule has 0 aliphatic heterocycles. The summed E-state index contributed by atoms with van der Waals surface area (Å²) in [6.07, 6.45) is 10.1. The Morgan fingerprint density at radius 2 is 1.88 bits per heavy atom. The van der Waals surface area contributed by atoms with Crippen LogP contribution in [0.5, 0.6) is 0 Å². The molecule has 0 atom stereocenters. The zero-order valence-corrected chi connectivity index (χ0v) is 13.2. The molecule has 2 aromatic carbocycles. The smallest absolute Gasteiger partial charge is 0.185 e. The van der Waals surface area contributed by atoms with E-state index in [1.54, 1.807) is 17.1 Å². The molecule has 0 spiro atoms. The van der Waals surface area contributed by atoms with Crippen molar-refractivity contribution in [2.24, 2.45) is 0 Å². The maximum atomic E-state index is 12.4. The van der Waals surface area contributed by atoms with E-state index in [1.165, 1.54) is 23.9 Å². The molecule has 0 fully saturated rings. The van der Waals surface area contributed by atoms with Crippen LogP contribution >= 0.6 is 0 Å². The molecule has 4 rings (SSSR count). The van der Waals surface area contributed by atoms with Gasteiger partial charge in [0.2, 0.25) is 0 Å². The number of benzene rings is 2. The van der Waals surface area contributed by atoms with Crippen LogP contribution in [0.2, 0.25) is 0 Å². The number of allylic oxidation sites excluding steroid dienone is 1. The van der Waals surface area contributed by atoms with Gasteiger partial charge in [0.15, 0.2) is 5.78 Å². The minimum Gasteiger partial charge on any atom is -0.289 e. The molecular weight excluding hydrogens is 298 g/mol. The minimum absolute atomic E-state index is 0.0463. The van der Waals surface area contributed by atoms with Gasteiger partial charge in [0, 0.05) is 5.56 Å². The Morgan fingerprint density at radius 1 is 1.04 bits per heavy atom. The van der Waals surface area contributed by atoms with Gasteiger partial charge >= 0.3 is 0 Å². The fourth-order valence-electron chi connectivity index (χ4n) is 3.07. The number of rotatable bonds is 4. The predicted octanol–water partition coefficient (Wildman–Crippen LogP) is 3.65. The first kappa shape index (κ1) is 14.6. The van der Waals surface area contributed by atoms with E-state index < -0.39 is 0 Å². The number of carbonyl (C=O) groups is 1. The Kier molecular flexibility index (Phi) is 3.79. The Labute approximate surface area is 140 Å². The molecule has 0 radical (unpaired) electrons. The van der Waals surface area contributed by atoms with Gasteiger partial charge in [0.05, 0.1) is 5.69 Å². The van der Waals surface area contributed by atoms with Gasteiger partial charge in [0.1, 0.15) is 12.7 Å². The van der Waals surface area contributed by atoms with Crippen LogP contribution in [-0.2, 0) is 12.8 Å². The number of nitrogens with zero attached hydrogens (tertiary/aromatic N) is 3. The third kappa shape index (κ3) is 2.91. The fourth-order valence-corrected chi connectivity index (χ4v) is 3.07. The molecule has 0 saturated carbocycles. The van der Waals surface area contributed by atoms with Gasteiger partial charge in [0.25, 0.3) is 0 Å². The van der Waals surface area contributed by atoms with E-state index in [0.717, 1.165) is 29.7 Å². The minimum atomic E-state index is 0.0463. The van der Waals surface area contributed by atoms with E-state index in [2.05, 4.69) is 16.1 Å². The van der Waals surface area contributed by atoms with E-state index >= 15 is 0 Å². The van der Waals surface area contributed by atoms with E-state index in [1.807, 2.05) is 42.5 Å². The molecule has 0 bridgehead atoms. The van der Waals surface area contributed by atoms with Crippen molar-refractivity contribution in [3.63, 3.8) is 0 Å². The number of aromatic nitrogens is 3. The van der Waals surface area contributed by atoms with Crippen LogP contribution in [0.4, 0.5) is 0 Å². The zero-order chi connectivity index (χ0) is 16.4. The number of aryl methyl sites for hydroxylation is 2. The molecule has 0 saturated heterocycles. The highest BCUT2D eigenvalue weighted by Crippen LogP contribution is 2.23. The number of hydrogen-bond acceptors (Lipinski definition) is 3. The number of hydrogen-bond donors (Lipinski definition) is 0. The summed E-state index contributed by atoms with van der Waals surface area (Å²) >= 11 is 0. The average Bonchev–Trinajstić information content (AvgIpc) is 3.30. The number of ketones is 1. The Balaban J connectivity index is 1.49. The van der Waals surface area contributed by atoms with Crippen molar-refractivity contribution in [3.8, 4) is 5.69 Å². The summed E-state index contributed by atoms with van der Waals surface area (Å²) in [4.78, 5) is 16.3. The first-order chi connectivity index (χ1) is 11.8. The quantitative estimate of drug-likeness (QED) is 0.545. The van der Waals surface area contributed by atoms with Crippen LogP contribution in [0, 0.1) is 0 Å². The van der Waals surface area contributed by atoms with Crippen molar-refractivity contribution in [1.29, 1.82) is 0 Å². The molecule has 4 heteroatoms. The molecule has 3 aromatic rings. The van der Waals surface area contributed by atoms with Crippen LogP contribution in [0.1, 0.15) is 33.5 Å². The maximum absolute atomic E-state index is 12.4. The molecule has 1 heterocycles. The van der Waals surface area contributed by atoms with E-state index in [9.17, 15) is 4.79 Å². The van der Waals surface area contributed by atoms with Gasteiger partial charge in [-0.25, -0.2) is 9.67 Å². The lowest BCUT2D eigenvalue weighted by Crippen LogP contribution is -1.96. The third-order valence-corrected chi connectivity index (χ3v) is 4.39. The summed E-state index contributed by atoms with van der Waals surface area (Å²) in [5, 5.41) is 4.09. The molecule has 0 amide bonds. The Hall–Kier alpha value is -3.01. The van der Waals surface area contributed by atoms with Gasteiger partial charge in [-0.3, -0.25) is 4.79 Å². The second-order valence-electron chi connectivity index (χ2n) is 5.97. The SMILES string of the molecule is O=C(C=Cc1ccc(-n2cncn2)cc1)c1ccc2c(c1)CCC2. The summed E-state index contributed by atoms with van der Waals surface area (Å²) in [7, 11) is 0. The highest BCUT2D eigenvalue weighted by Gasteiger charge is 2.12. The Morgan fingerprint density at radius 3 is 2.67 bits per heavy atom. The Bertz CT molecular complexity index is 893. The zero-order valence-electron chi connectivity index (χ0n) is 13.2. The van der Waals surface area contributed by atoms with Gasteiger partial charge in [-0.1, -0.05) is 30.3 Å². The summed E-state index contributed by atoms with van der Waals surface area (Å²) in [5.74, 6) is 0.0463. The van der Waals surface area contributed by atoms with Crippen LogP contribution in [0.15, 0.2) is 61.2 Å². The lowest BCUT2D eigenvalue weighted by atomic mass is 10.0. The first-order valence-corrected chi connectivity index (χ1v) is 8.09. The van der Waals surface area contributed by atoms with Crippen molar-refractivity contribution in [3.05, 3.63) is 83.4 Å². The summed E-state index contributed by atoms with van der Waals surface area (Å²) in [5.41, 5.74) is 5.40.